The smallest absolute Gasteiger partial charge is 0.307 e. The molecule has 23 heavy (non-hydrogen) atoms. The second-order valence-corrected chi connectivity index (χ2v) is 5.54. The van der Waals surface area contributed by atoms with Crippen molar-refractivity contribution in [2.45, 2.75) is 13.0 Å². The minimum atomic E-state index is -0.938. The first-order valence-electron chi connectivity index (χ1n) is 6.85. The topological polar surface area (TPSA) is 58.6 Å². The third-order valence-electron chi connectivity index (χ3n) is 2.98. The largest absolute Gasteiger partial charge is 0.481 e. The number of nitrogens with one attached hydrogen (secondary N) is 1. The van der Waals surface area contributed by atoms with Gasteiger partial charge < -0.3 is 5.11 Å². The summed E-state index contributed by atoms with van der Waals surface area (Å²) in [6.45, 7) is 0.340. The average molecular weight is 352 g/mol. The van der Waals surface area contributed by atoms with E-state index in [2.05, 4.69) is 5.48 Å². The maximum atomic E-state index is 10.8. The fourth-order valence-electron chi connectivity index (χ4n) is 1.84. The second kappa shape index (κ2) is 8.58. The molecule has 0 saturated heterocycles. The Balaban J connectivity index is 2.09. The SMILES string of the molecule is O=C(O)C/C=C(\NOCc1ccccc1)c1ccc(Cl)c(Cl)c1. The van der Waals surface area contributed by atoms with E-state index in [1.807, 2.05) is 30.3 Å². The molecule has 2 N–H and O–H groups in total. The van der Waals surface area contributed by atoms with Crippen molar-refractivity contribution in [3.8, 4) is 0 Å². The van der Waals surface area contributed by atoms with E-state index in [4.69, 9.17) is 33.1 Å². The highest BCUT2D eigenvalue weighted by atomic mass is 35.5. The Morgan fingerprint density at radius 3 is 2.52 bits per heavy atom. The van der Waals surface area contributed by atoms with Gasteiger partial charge in [0, 0.05) is 5.56 Å². The Labute approximate surface area is 144 Å². The van der Waals surface area contributed by atoms with Gasteiger partial charge in [-0.15, -0.1) is 0 Å². The van der Waals surface area contributed by atoms with Crippen LogP contribution in [0.25, 0.3) is 5.70 Å². The third kappa shape index (κ3) is 5.60. The van der Waals surface area contributed by atoms with Crippen molar-refractivity contribution in [2.75, 3.05) is 0 Å². The van der Waals surface area contributed by atoms with Crippen molar-refractivity contribution in [2.24, 2.45) is 0 Å². The molecule has 0 aliphatic heterocycles. The molecule has 0 unspecified atom stereocenters. The van der Waals surface area contributed by atoms with Crippen molar-refractivity contribution < 1.29 is 14.7 Å². The van der Waals surface area contributed by atoms with Crippen LogP contribution >= 0.6 is 23.2 Å². The van der Waals surface area contributed by atoms with Gasteiger partial charge in [0.05, 0.1) is 28.8 Å². The van der Waals surface area contributed by atoms with Gasteiger partial charge in [0.2, 0.25) is 0 Å². The fourth-order valence-corrected chi connectivity index (χ4v) is 2.14. The van der Waals surface area contributed by atoms with Gasteiger partial charge in [0.15, 0.2) is 0 Å². The zero-order valence-corrected chi connectivity index (χ0v) is 13.6. The van der Waals surface area contributed by atoms with Crippen LogP contribution in [-0.4, -0.2) is 11.1 Å². The van der Waals surface area contributed by atoms with Crippen molar-refractivity contribution >= 4 is 34.9 Å². The number of benzene rings is 2. The van der Waals surface area contributed by atoms with E-state index in [0.717, 1.165) is 5.56 Å². The number of hydrogen-bond donors (Lipinski definition) is 2. The van der Waals surface area contributed by atoms with Crippen LogP contribution in [0.15, 0.2) is 54.6 Å². The van der Waals surface area contributed by atoms with Crippen LogP contribution in [0.5, 0.6) is 0 Å². The molecule has 4 nitrogen and oxygen atoms in total. The van der Waals surface area contributed by atoms with Crippen LogP contribution in [0.4, 0.5) is 0 Å². The monoisotopic (exact) mass is 351 g/mol. The molecule has 2 aromatic rings. The number of halogens is 2. The van der Waals surface area contributed by atoms with E-state index in [1.165, 1.54) is 6.08 Å². The van der Waals surface area contributed by atoms with Crippen molar-refractivity contribution in [3.63, 3.8) is 0 Å². The molecule has 0 aliphatic rings. The lowest BCUT2D eigenvalue weighted by molar-refractivity contribution is -0.136. The van der Waals surface area contributed by atoms with E-state index >= 15 is 0 Å². The highest BCUT2D eigenvalue weighted by Crippen LogP contribution is 2.25. The molecule has 0 aliphatic carbocycles. The highest BCUT2D eigenvalue weighted by Gasteiger charge is 2.06. The van der Waals surface area contributed by atoms with Gasteiger partial charge in [-0.25, -0.2) is 0 Å². The van der Waals surface area contributed by atoms with Crippen LogP contribution in [0.1, 0.15) is 17.5 Å². The zero-order chi connectivity index (χ0) is 16.7. The molecule has 2 rings (SSSR count). The van der Waals surface area contributed by atoms with Gasteiger partial charge in [0.25, 0.3) is 0 Å². The molecule has 120 valence electrons. The molecule has 0 heterocycles. The Hall–Kier alpha value is -2.01. The van der Waals surface area contributed by atoms with E-state index < -0.39 is 5.97 Å². The second-order valence-electron chi connectivity index (χ2n) is 4.72. The summed E-state index contributed by atoms with van der Waals surface area (Å²) >= 11 is 11.9. The zero-order valence-electron chi connectivity index (χ0n) is 12.1. The molecule has 0 saturated carbocycles. The first-order valence-corrected chi connectivity index (χ1v) is 7.61. The lowest BCUT2D eigenvalue weighted by Crippen LogP contribution is -2.13. The third-order valence-corrected chi connectivity index (χ3v) is 3.71. The number of carboxylic acid groups (broad SMARTS) is 1. The van der Waals surface area contributed by atoms with Gasteiger partial charge in [-0.1, -0.05) is 59.6 Å². The molecule has 2 aromatic carbocycles. The van der Waals surface area contributed by atoms with E-state index in [9.17, 15) is 4.79 Å². The first kappa shape index (κ1) is 17.3. The molecular formula is C17H15Cl2NO3. The maximum absolute atomic E-state index is 10.8. The number of carbonyl (C=O) groups is 1. The summed E-state index contributed by atoms with van der Waals surface area (Å²) in [4.78, 5) is 16.2. The predicted molar refractivity (Wildman–Crippen MR) is 91.1 cm³/mol. The Bertz CT molecular complexity index is 702. The minimum absolute atomic E-state index is 0.142. The van der Waals surface area contributed by atoms with Gasteiger partial charge in [-0.2, -0.15) is 0 Å². The molecule has 0 spiro atoms. The number of hydrogen-bond acceptors (Lipinski definition) is 3. The molecule has 0 fully saturated rings. The number of carboxylic acids is 1. The molecule has 0 aromatic heterocycles. The standard InChI is InChI=1S/C17H15Cl2NO3/c18-14-7-6-13(10-15(14)19)16(8-9-17(21)22)20-23-11-12-4-2-1-3-5-12/h1-8,10,20H,9,11H2,(H,21,22)/b16-8-. The summed E-state index contributed by atoms with van der Waals surface area (Å²) in [7, 11) is 0. The Kier molecular flexibility index (Phi) is 6.47. The van der Waals surface area contributed by atoms with Gasteiger partial charge >= 0.3 is 5.97 Å². The average Bonchev–Trinajstić information content (AvgIpc) is 2.54. The van der Waals surface area contributed by atoms with Crippen LogP contribution in [0.3, 0.4) is 0 Å². The van der Waals surface area contributed by atoms with Crippen LogP contribution < -0.4 is 5.48 Å². The highest BCUT2D eigenvalue weighted by molar-refractivity contribution is 6.42. The van der Waals surface area contributed by atoms with Crippen LogP contribution in [0, 0.1) is 0 Å². The van der Waals surface area contributed by atoms with Crippen LogP contribution in [0.2, 0.25) is 10.0 Å². The molecular weight excluding hydrogens is 337 g/mol. The lowest BCUT2D eigenvalue weighted by Gasteiger charge is -2.12. The molecule has 0 radical (unpaired) electrons. The summed E-state index contributed by atoms with van der Waals surface area (Å²) < 4.78 is 0. The van der Waals surface area contributed by atoms with E-state index in [1.54, 1.807) is 18.2 Å². The summed E-state index contributed by atoms with van der Waals surface area (Å²) in [5, 5.41) is 9.66. The summed E-state index contributed by atoms with van der Waals surface area (Å²) in [6.07, 6.45) is 1.38. The van der Waals surface area contributed by atoms with Crippen molar-refractivity contribution in [3.05, 3.63) is 75.8 Å². The van der Waals surface area contributed by atoms with Crippen LogP contribution in [-0.2, 0) is 16.2 Å². The summed E-state index contributed by atoms with van der Waals surface area (Å²) in [5.74, 6) is -0.938. The van der Waals surface area contributed by atoms with E-state index in [-0.39, 0.29) is 6.42 Å². The Morgan fingerprint density at radius 2 is 1.87 bits per heavy atom. The van der Waals surface area contributed by atoms with Crippen molar-refractivity contribution in [1.82, 2.24) is 5.48 Å². The minimum Gasteiger partial charge on any atom is -0.481 e. The lowest BCUT2D eigenvalue weighted by atomic mass is 10.1. The molecule has 0 amide bonds. The summed E-state index contributed by atoms with van der Waals surface area (Å²) in [5.41, 5.74) is 4.98. The summed E-state index contributed by atoms with van der Waals surface area (Å²) in [6, 6.07) is 14.6. The number of rotatable bonds is 7. The normalized spacial score (nSPS) is 11.3. The first-order chi connectivity index (χ1) is 11.1. The fraction of sp³-hybridized carbons (Fsp3) is 0.118. The molecule has 0 bridgehead atoms. The molecule has 6 heteroatoms. The maximum Gasteiger partial charge on any atom is 0.307 e. The Morgan fingerprint density at radius 1 is 1.13 bits per heavy atom. The van der Waals surface area contributed by atoms with Gasteiger partial charge in [-0.05, 0) is 23.8 Å². The van der Waals surface area contributed by atoms with E-state index in [0.29, 0.717) is 27.9 Å². The van der Waals surface area contributed by atoms with Crippen molar-refractivity contribution in [1.29, 1.82) is 0 Å². The molecule has 0 atom stereocenters. The number of aliphatic carboxylic acids is 1. The quantitative estimate of drug-likeness (QED) is 0.719. The van der Waals surface area contributed by atoms with Gasteiger partial charge in [0.1, 0.15) is 0 Å². The van der Waals surface area contributed by atoms with Gasteiger partial charge in [-0.3, -0.25) is 15.1 Å². The predicted octanol–water partition coefficient (Wildman–Crippen LogP) is 4.53. The number of hydroxylamine groups is 1.